The van der Waals surface area contributed by atoms with Crippen LogP contribution in [0, 0.1) is 5.41 Å². The highest BCUT2D eigenvalue weighted by Crippen LogP contribution is 2.29. The van der Waals surface area contributed by atoms with E-state index in [1.807, 2.05) is 11.8 Å². The fourth-order valence-electron chi connectivity index (χ4n) is 2.22. The van der Waals surface area contributed by atoms with Gasteiger partial charge in [0.2, 0.25) is 0 Å². The summed E-state index contributed by atoms with van der Waals surface area (Å²) in [6.45, 7) is 9.78. The molecule has 0 saturated carbocycles. The molecule has 1 saturated heterocycles. The standard InChI is InChI=1S/C15H22BrNOS/c1-15(2,11-17-7-9-18-10-8-17)12-19-14-5-3-13(16)4-6-14/h3-6H,7-12H2,1-2H3. The van der Waals surface area contributed by atoms with E-state index in [2.05, 4.69) is 58.9 Å². The lowest BCUT2D eigenvalue weighted by Gasteiger charge is -2.34. The van der Waals surface area contributed by atoms with Crippen LogP contribution in [0.4, 0.5) is 0 Å². The number of ether oxygens (including phenoxy) is 1. The number of benzene rings is 1. The predicted octanol–water partition coefficient (Wildman–Crippen LogP) is 3.90. The van der Waals surface area contributed by atoms with Crippen molar-refractivity contribution in [3.8, 4) is 0 Å². The molecule has 106 valence electrons. The van der Waals surface area contributed by atoms with Gasteiger partial charge in [0.1, 0.15) is 0 Å². The molecule has 0 unspecified atom stereocenters. The summed E-state index contributed by atoms with van der Waals surface area (Å²) in [6.07, 6.45) is 0. The average molecular weight is 344 g/mol. The van der Waals surface area contributed by atoms with Crippen molar-refractivity contribution in [2.75, 3.05) is 38.6 Å². The third-order valence-electron chi connectivity index (χ3n) is 3.20. The van der Waals surface area contributed by atoms with Crippen LogP contribution in [0.2, 0.25) is 0 Å². The maximum absolute atomic E-state index is 5.40. The second-order valence-electron chi connectivity index (χ2n) is 5.80. The lowest BCUT2D eigenvalue weighted by molar-refractivity contribution is 0.0242. The number of morpholine rings is 1. The molecule has 0 amide bonds. The molecule has 4 heteroatoms. The van der Waals surface area contributed by atoms with Crippen LogP contribution in [-0.4, -0.2) is 43.5 Å². The van der Waals surface area contributed by atoms with Gasteiger partial charge in [0, 0.05) is 34.8 Å². The zero-order valence-electron chi connectivity index (χ0n) is 11.7. The molecule has 0 N–H and O–H groups in total. The van der Waals surface area contributed by atoms with Crippen molar-refractivity contribution < 1.29 is 4.74 Å². The van der Waals surface area contributed by atoms with E-state index in [-0.39, 0.29) is 0 Å². The van der Waals surface area contributed by atoms with Gasteiger partial charge in [-0.05, 0) is 29.7 Å². The van der Waals surface area contributed by atoms with Gasteiger partial charge >= 0.3 is 0 Å². The van der Waals surface area contributed by atoms with Crippen LogP contribution in [0.3, 0.4) is 0 Å². The Morgan fingerprint density at radius 1 is 1.21 bits per heavy atom. The Bertz CT molecular complexity index is 388. The van der Waals surface area contributed by atoms with Crippen molar-refractivity contribution in [3.63, 3.8) is 0 Å². The van der Waals surface area contributed by atoms with E-state index in [1.165, 1.54) is 4.90 Å². The highest BCUT2D eigenvalue weighted by Gasteiger charge is 2.23. The van der Waals surface area contributed by atoms with Crippen molar-refractivity contribution >= 4 is 27.7 Å². The van der Waals surface area contributed by atoms with Crippen LogP contribution in [0.15, 0.2) is 33.6 Å². The monoisotopic (exact) mass is 343 g/mol. The van der Waals surface area contributed by atoms with Crippen LogP contribution < -0.4 is 0 Å². The largest absolute Gasteiger partial charge is 0.379 e. The van der Waals surface area contributed by atoms with Crippen LogP contribution in [0.1, 0.15) is 13.8 Å². The van der Waals surface area contributed by atoms with E-state index < -0.39 is 0 Å². The molecule has 0 aliphatic carbocycles. The Balaban J connectivity index is 1.81. The fraction of sp³-hybridized carbons (Fsp3) is 0.600. The number of hydrogen-bond donors (Lipinski definition) is 0. The lowest BCUT2D eigenvalue weighted by Crippen LogP contribution is -2.42. The maximum Gasteiger partial charge on any atom is 0.0594 e. The molecule has 1 aromatic rings. The van der Waals surface area contributed by atoms with E-state index >= 15 is 0 Å². The summed E-state index contributed by atoms with van der Waals surface area (Å²) < 4.78 is 6.55. The first-order valence-corrected chi connectivity index (χ1v) is 8.51. The molecule has 0 bridgehead atoms. The van der Waals surface area contributed by atoms with E-state index in [0.717, 1.165) is 43.1 Å². The first kappa shape index (κ1) is 15.4. The highest BCUT2D eigenvalue weighted by atomic mass is 79.9. The predicted molar refractivity (Wildman–Crippen MR) is 85.9 cm³/mol. The maximum atomic E-state index is 5.40. The quantitative estimate of drug-likeness (QED) is 0.752. The lowest BCUT2D eigenvalue weighted by atomic mass is 9.95. The van der Waals surface area contributed by atoms with Crippen molar-refractivity contribution in [2.24, 2.45) is 5.41 Å². The molecule has 1 aliphatic heterocycles. The molecule has 2 nitrogen and oxygen atoms in total. The van der Waals surface area contributed by atoms with Crippen LogP contribution in [0.5, 0.6) is 0 Å². The number of halogens is 1. The topological polar surface area (TPSA) is 12.5 Å². The molecule has 1 heterocycles. The third kappa shape index (κ3) is 5.46. The van der Waals surface area contributed by atoms with Crippen LogP contribution >= 0.6 is 27.7 Å². The second-order valence-corrected chi connectivity index (χ2v) is 7.76. The van der Waals surface area contributed by atoms with Crippen molar-refractivity contribution in [1.82, 2.24) is 4.90 Å². The van der Waals surface area contributed by atoms with Gasteiger partial charge < -0.3 is 4.74 Å². The van der Waals surface area contributed by atoms with Crippen LogP contribution in [0.25, 0.3) is 0 Å². The zero-order valence-corrected chi connectivity index (χ0v) is 14.1. The summed E-state index contributed by atoms with van der Waals surface area (Å²) in [5, 5.41) is 0. The fourth-order valence-corrected chi connectivity index (χ4v) is 3.46. The summed E-state index contributed by atoms with van der Waals surface area (Å²) in [7, 11) is 0. The Morgan fingerprint density at radius 2 is 1.84 bits per heavy atom. The van der Waals surface area contributed by atoms with Gasteiger partial charge in [0.05, 0.1) is 13.2 Å². The number of thioether (sulfide) groups is 1. The molecule has 0 aromatic heterocycles. The minimum Gasteiger partial charge on any atom is -0.379 e. The molecular formula is C15H22BrNOS. The van der Waals surface area contributed by atoms with E-state index in [1.54, 1.807) is 0 Å². The van der Waals surface area contributed by atoms with Crippen LogP contribution in [-0.2, 0) is 4.74 Å². The number of hydrogen-bond acceptors (Lipinski definition) is 3. The Kier molecular flexibility index (Phi) is 5.75. The minimum atomic E-state index is 0.328. The summed E-state index contributed by atoms with van der Waals surface area (Å²) >= 11 is 5.42. The van der Waals surface area contributed by atoms with Gasteiger partial charge in [-0.2, -0.15) is 0 Å². The molecular weight excluding hydrogens is 322 g/mol. The summed E-state index contributed by atoms with van der Waals surface area (Å²) in [5.74, 6) is 1.14. The molecule has 1 aliphatic rings. The molecule has 0 radical (unpaired) electrons. The number of nitrogens with zero attached hydrogens (tertiary/aromatic N) is 1. The smallest absolute Gasteiger partial charge is 0.0594 e. The first-order valence-electron chi connectivity index (χ1n) is 6.74. The zero-order chi connectivity index (χ0) is 13.7. The van der Waals surface area contributed by atoms with E-state index in [4.69, 9.17) is 4.74 Å². The Hall–Kier alpha value is -0.0300. The molecule has 1 fully saturated rings. The molecule has 0 atom stereocenters. The summed E-state index contributed by atoms with van der Waals surface area (Å²) in [4.78, 5) is 3.87. The first-order chi connectivity index (χ1) is 9.05. The van der Waals surface area contributed by atoms with E-state index in [9.17, 15) is 0 Å². The summed E-state index contributed by atoms with van der Waals surface area (Å²) in [5.41, 5.74) is 0.328. The highest BCUT2D eigenvalue weighted by molar-refractivity contribution is 9.10. The van der Waals surface area contributed by atoms with Crippen molar-refractivity contribution in [3.05, 3.63) is 28.7 Å². The Morgan fingerprint density at radius 3 is 2.47 bits per heavy atom. The van der Waals surface area contributed by atoms with Crippen molar-refractivity contribution in [2.45, 2.75) is 18.7 Å². The number of rotatable bonds is 5. The van der Waals surface area contributed by atoms with Crippen molar-refractivity contribution in [1.29, 1.82) is 0 Å². The summed E-state index contributed by atoms with van der Waals surface area (Å²) in [6, 6.07) is 8.58. The molecule has 0 spiro atoms. The normalized spacial score (nSPS) is 17.6. The average Bonchev–Trinajstić information content (AvgIpc) is 2.39. The van der Waals surface area contributed by atoms with Gasteiger partial charge in [-0.25, -0.2) is 0 Å². The minimum absolute atomic E-state index is 0.328. The SMILES string of the molecule is CC(C)(CSc1ccc(Br)cc1)CN1CCOCC1. The Labute approximate surface area is 129 Å². The van der Waals surface area contributed by atoms with Gasteiger partial charge in [0.15, 0.2) is 0 Å². The molecule has 19 heavy (non-hydrogen) atoms. The van der Waals surface area contributed by atoms with Gasteiger partial charge in [-0.3, -0.25) is 4.90 Å². The third-order valence-corrected chi connectivity index (χ3v) is 5.26. The van der Waals surface area contributed by atoms with E-state index in [0.29, 0.717) is 5.41 Å². The molecule has 1 aromatic carbocycles. The second kappa shape index (κ2) is 7.11. The van der Waals surface area contributed by atoms with Gasteiger partial charge in [-0.1, -0.05) is 29.8 Å². The molecule has 2 rings (SSSR count). The van der Waals surface area contributed by atoms with Gasteiger partial charge in [0.25, 0.3) is 0 Å². The van der Waals surface area contributed by atoms with Gasteiger partial charge in [-0.15, -0.1) is 11.8 Å².